The van der Waals surface area contributed by atoms with E-state index in [0.717, 1.165) is 12.1 Å². The average Bonchev–Trinajstić information content (AvgIpc) is 2.10. The molecule has 0 radical (unpaired) electrons. The van der Waals surface area contributed by atoms with Crippen LogP contribution in [0.2, 0.25) is 5.02 Å². The fourth-order valence-corrected chi connectivity index (χ4v) is 1.04. The maximum Gasteiger partial charge on any atom is 0.142 e. The summed E-state index contributed by atoms with van der Waals surface area (Å²) in [6, 6.07) is 1.94. The van der Waals surface area contributed by atoms with Crippen LogP contribution in [-0.4, -0.2) is 7.05 Å². The molecule has 1 aromatic rings. The van der Waals surface area contributed by atoms with Crippen molar-refractivity contribution in [3.8, 4) is 0 Å². The van der Waals surface area contributed by atoms with Gasteiger partial charge in [0.15, 0.2) is 0 Å². The van der Waals surface area contributed by atoms with E-state index in [1.807, 2.05) is 0 Å². The van der Waals surface area contributed by atoms with Crippen molar-refractivity contribution in [2.24, 2.45) is 0 Å². The van der Waals surface area contributed by atoms with Crippen LogP contribution in [0, 0.1) is 11.6 Å². The summed E-state index contributed by atoms with van der Waals surface area (Å²) in [6.45, 7) is 3.51. The molecule has 13 heavy (non-hydrogen) atoms. The van der Waals surface area contributed by atoms with E-state index in [0.29, 0.717) is 5.70 Å². The highest BCUT2D eigenvalue weighted by Gasteiger charge is 2.09. The third-order valence-electron chi connectivity index (χ3n) is 1.64. The molecule has 1 N–H and O–H groups in total. The van der Waals surface area contributed by atoms with E-state index in [1.54, 1.807) is 7.05 Å². The van der Waals surface area contributed by atoms with Crippen LogP contribution in [0.1, 0.15) is 5.56 Å². The molecule has 0 unspecified atom stereocenters. The molecule has 0 aliphatic heterocycles. The molecule has 4 heteroatoms. The molecule has 0 aliphatic rings. The Labute approximate surface area is 80.0 Å². The van der Waals surface area contributed by atoms with Crippen molar-refractivity contribution < 1.29 is 8.78 Å². The highest BCUT2D eigenvalue weighted by molar-refractivity contribution is 6.30. The molecule has 1 nitrogen and oxygen atoms in total. The van der Waals surface area contributed by atoms with Crippen LogP contribution in [-0.2, 0) is 0 Å². The second-order valence-corrected chi connectivity index (χ2v) is 2.88. The summed E-state index contributed by atoms with van der Waals surface area (Å²) in [5.41, 5.74) is 0.400. The van der Waals surface area contributed by atoms with Crippen molar-refractivity contribution in [3.63, 3.8) is 0 Å². The van der Waals surface area contributed by atoms with Crippen LogP contribution >= 0.6 is 11.6 Å². The monoisotopic (exact) mass is 203 g/mol. The highest BCUT2D eigenvalue weighted by atomic mass is 35.5. The van der Waals surface area contributed by atoms with Crippen molar-refractivity contribution >= 4 is 17.3 Å². The Morgan fingerprint density at radius 2 is 2.00 bits per heavy atom. The summed E-state index contributed by atoms with van der Waals surface area (Å²) in [4.78, 5) is 0. The summed E-state index contributed by atoms with van der Waals surface area (Å²) in [7, 11) is 1.58. The molecule has 0 fully saturated rings. The summed E-state index contributed by atoms with van der Waals surface area (Å²) < 4.78 is 26.0. The smallest absolute Gasteiger partial charge is 0.142 e. The largest absolute Gasteiger partial charge is 0.388 e. The predicted molar refractivity (Wildman–Crippen MR) is 49.5 cm³/mol. The van der Waals surface area contributed by atoms with Gasteiger partial charge in [0, 0.05) is 18.3 Å². The van der Waals surface area contributed by atoms with Crippen molar-refractivity contribution in [3.05, 3.63) is 40.9 Å². The molecule has 0 atom stereocenters. The zero-order chi connectivity index (χ0) is 10.0. The van der Waals surface area contributed by atoms with E-state index in [9.17, 15) is 8.78 Å². The van der Waals surface area contributed by atoms with E-state index in [-0.39, 0.29) is 10.6 Å². The van der Waals surface area contributed by atoms with Gasteiger partial charge in [-0.3, -0.25) is 0 Å². The highest BCUT2D eigenvalue weighted by Crippen LogP contribution is 2.22. The van der Waals surface area contributed by atoms with Gasteiger partial charge < -0.3 is 5.32 Å². The first-order valence-electron chi connectivity index (χ1n) is 3.58. The number of hydrogen-bond donors (Lipinski definition) is 1. The topological polar surface area (TPSA) is 12.0 Å². The summed E-state index contributed by atoms with van der Waals surface area (Å²) in [6.07, 6.45) is 0. The zero-order valence-corrected chi connectivity index (χ0v) is 7.75. The van der Waals surface area contributed by atoms with E-state index in [4.69, 9.17) is 11.6 Å². The maximum atomic E-state index is 13.1. The third kappa shape index (κ3) is 1.98. The first-order valence-corrected chi connectivity index (χ1v) is 3.95. The Kier molecular flexibility index (Phi) is 2.88. The van der Waals surface area contributed by atoms with Gasteiger partial charge in [0.05, 0.1) is 5.02 Å². The van der Waals surface area contributed by atoms with E-state index >= 15 is 0 Å². The lowest BCUT2D eigenvalue weighted by atomic mass is 10.1. The summed E-state index contributed by atoms with van der Waals surface area (Å²) in [5, 5.41) is 2.39. The number of hydrogen-bond acceptors (Lipinski definition) is 1. The summed E-state index contributed by atoms with van der Waals surface area (Å²) in [5.74, 6) is -1.25. The normalized spacial score (nSPS) is 9.85. The molecule has 0 spiro atoms. The van der Waals surface area contributed by atoms with E-state index in [2.05, 4.69) is 11.9 Å². The van der Waals surface area contributed by atoms with Crippen molar-refractivity contribution in [1.82, 2.24) is 5.32 Å². The molecule has 0 amide bonds. The molecule has 1 aromatic carbocycles. The van der Waals surface area contributed by atoms with Gasteiger partial charge in [-0.25, -0.2) is 8.78 Å². The Balaban J connectivity index is 3.23. The molecule has 0 aromatic heterocycles. The van der Waals surface area contributed by atoms with E-state index < -0.39 is 11.6 Å². The van der Waals surface area contributed by atoms with Gasteiger partial charge in [0.2, 0.25) is 0 Å². The Hall–Kier alpha value is -1.09. The van der Waals surface area contributed by atoms with Crippen LogP contribution in [0.15, 0.2) is 18.7 Å². The molecule has 0 aliphatic carbocycles. The van der Waals surface area contributed by atoms with Crippen LogP contribution in [0.5, 0.6) is 0 Å². The molecule has 1 rings (SSSR count). The minimum Gasteiger partial charge on any atom is -0.388 e. The number of rotatable bonds is 2. The van der Waals surface area contributed by atoms with Gasteiger partial charge in [-0.2, -0.15) is 0 Å². The third-order valence-corrected chi connectivity index (χ3v) is 1.93. The second kappa shape index (κ2) is 3.75. The van der Waals surface area contributed by atoms with Crippen molar-refractivity contribution in [1.29, 1.82) is 0 Å². The van der Waals surface area contributed by atoms with Gasteiger partial charge in [-0.1, -0.05) is 18.2 Å². The molecule has 70 valence electrons. The molecule has 0 bridgehead atoms. The molecule has 0 heterocycles. The van der Waals surface area contributed by atoms with Gasteiger partial charge >= 0.3 is 0 Å². The van der Waals surface area contributed by atoms with Crippen LogP contribution in [0.3, 0.4) is 0 Å². The van der Waals surface area contributed by atoms with Crippen LogP contribution in [0.25, 0.3) is 5.70 Å². The Morgan fingerprint density at radius 1 is 1.38 bits per heavy atom. The molecule has 0 saturated carbocycles. The Bertz CT molecular complexity index is 350. The fraction of sp³-hybridized carbons (Fsp3) is 0.111. The van der Waals surface area contributed by atoms with Crippen LogP contribution < -0.4 is 5.32 Å². The van der Waals surface area contributed by atoms with Crippen LogP contribution in [0.4, 0.5) is 8.78 Å². The molecular formula is C9H8ClF2N. The first-order chi connectivity index (χ1) is 6.06. The lowest BCUT2D eigenvalue weighted by Gasteiger charge is -2.06. The fourth-order valence-electron chi connectivity index (χ4n) is 0.888. The standard InChI is InChI=1S/C9H8ClF2N/c1-5(13-2)6-3-9(12)7(10)4-8(6)11/h3-4,13H,1H2,2H3. The SMILES string of the molecule is C=C(NC)c1cc(F)c(Cl)cc1F. The Morgan fingerprint density at radius 3 is 2.54 bits per heavy atom. The minimum absolute atomic E-state index is 0.0874. The van der Waals surface area contributed by atoms with Gasteiger partial charge in [0.1, 0.15) is 11.6 Å². The lowest BCUT2D eigenvalue weighted by Crippen LogP contribution is -2.05. The van der Waals surface area contributed by atoms with Gasteiger partial charge in [0.25, 0.3) is 0 Å². The molecule has 0 saturated heterocycles. The van der Waals surface area contributed by atoms with E-state index in [1.165, 1.54) is 0 Å². The maximum absolute atomic E-state index is 13.1. The quantitative estimate of drug-likeness (QED) is 0.729. The second-order valence-electron chi connectivity index (χ2n) is 2.47. The van der Waals surface area contributed by atoms with Crippen molar-refractivity contribution in [2.75, 3.05) is 7.05 Å². The predicted octanol–water partition coefficient (Wildman–Crippen LogP) is 2.81. The number of halogens is 3. The van der Waals surface area contributed by atoms with Crippen molar-refractivity contribution in [2.45, 2.75) is 0 Å². The summed E-state index contributed by atoms with van der Waals surface area (Å²) >= 11 is 5.37. The first kappa shape index (κ1) is 9.99. The number of nitrogens with one attached hydrogen (secondary N) is 1. The number of benzene rings is 1. The zero-order valence-electron chi connectivity index (χ0n) is 7.00. The average molecular weight is 204 g/mol. The molecular weight excluding hydrogens is 196 g/mol. The minimum atomic E-state index is -0.658. The van der Waals surface area contributed by atoms with Gasteiger partial charge in [-0.15, -0.1) is 0 Å². The van der Waals surface area contributed by atoms with Gasteiger partial charge in [-0.05, 0) is 12.1 Å². The lowest BCUT2D eigenvalue weighted by molar-refractivity contribution is 0.596.